The molecule has 9 heteroatoms. The molecule has 138 valence electrons. The van der Waals surface area contributed by atoms with Gasteiger partial charge in [0.25, 0.3) is 0 Å². The molecule has 0 radical (unpaired) electrons. The Balaban J connectivity index is 1.57. The van der Waals surface area contributed by atoms with Crippen molar-refractivity contribution in [3.63, 3.8) is 0 Å². The molecular formula is C16H25N5O3S. The molecule has 3 rings (SSSR count). The second kappa shape index (κ2) is 8.57. The Morgan fingerprint density at radius 2 is 2.16 bits per heavy atom. The van der Waals surface area contributed by atoms with Crippen LogP contribution in [0.15, 0.2) is 0 Å². The molecule has 3 heterocycles. The molecule has 2 aliphatic heterocycles. The molecule has 1 atom stereocenters. The van der Waals surface area contributed by atoms with Crippen LogP contribution in [0.3, 0.4) is 0 Å². The van der Waals surface area contributed by atoms with Crippen molar-refractivity contribution in [2.24, 2.45) is 0 Å². The van der Waals surface area contributed by atoms with Gasteiger partial charge in [-0.15, -0.1) is 10.2 Å². The van der Waals surface area contributed by atoms with Gasteiger partial charge in [-0.25, -0.2) is 0 Å². The SMILES string of the molecule is CCOCCCNC(=O)[C@@H]1CCCN1c1nnc(N2CCCC2=O)s1. The zero-order valence-corrected chi connectivity index (χ0v) is 15.4. The highest BCUT2D eigenvalue weighted by Gasteiger charge is 2.34. The van der Waals surface area contributed by atoms with Crippen LogP contribution in [0.1, 0.15) is 39.0 Å². The molecular weight excluding hydrogens is 342 g/mol. The molecule has 2 saturated heterocycles. The highest BCUT2D eigenvalue weighted by atomic mass is 32.1. The third kappa shape index (κ3) is 4.27. The highest BCUT2D eigenvalue weighted by molar-refractivity contribution is 7.19. The van der Waals surface area contributed by atoms with E-state index < -0.39 is 0 Å². The number of carbonyl (C=O) groups excluding carboxylic acids is 2. The lowest BCUT2D eigenvalue weighted by Gasteiger charge is -2.22. The summed E-state index contributed by atoms with van der Waals surface area (Å²) in [5.74, 6) is 0.135. The van der Waals surface area contributed by atoms with Crippen LogP contribution in [0.2, 0.25) is 0 Å². The zero-order valence-electron chi connectivity index (χ0n) is 14.6. The standard InChI is InChI=1S/C16H25N5O3S/c1-2-24-11-5-8-17-14(23)12-6-3-9-20(12)15-18-19-16(25-15)21-10-4-7-13(21)22/h12H,2-11H2,1H3,(H,17,23)/t12-/m0/s1. The summed E-state index contributed by atoms with van der Waals surface area (Å²) < 4.78 is 5.28. The minimum Gasteiger partial charge on any atom is -0.382 e. The average molecular weight is 367 g/mol. The number of rotatable bonds is 8. The van der Waals surface area contributed by atoms with Crippen LogP contribution < -0.4 is 15.1 Å². The minimum absolute atomic E-state index is 0.0306. The minimum atomic E-state index is -0.206. The average Bonchev–Trinajstić information content (AvgIpc) is 3.33. The van der Waals surface area contributed by atoms with Crippen LogP contribution in [0.25, 0.3) is 0 Å². The number of carbonyl (C=O) groups is 2. The van der Waals surface area contributed by atoms with E-state index in [0.29, 0.717) is 37.9 Å². The summed E-state index contributed by atoms with van der Waals surface area (Å²) in [6, 6.07) is -0.206. The Kier molecular flexibility index (Phi) is 6.19. The number of anilines is 2. The van der Waals surface area contributed by atoms with Gasteiger partial charge in [0.2, 0.25) is 22.1 Å². The highest BCUT2D eigenvalue weighted by Crippen LogP contribution is 2.33. The van der Waals surface area contributed by atoms with Crippen LogP contribution in [0.4, 0.5) is 10.3 Å². The van der Waals surface area contributed by atoms with E-state index in [-0.39, 0.29) is 17.9 Å². The van der Waals surface area contributed by atoms with Crippen molar-refractivity contribution >= 4 is 33.4 Å². The van der Waals surface area contributed by atoms with Gasteiger partial charge in [-0.05, 0) is 32.6 Å². The summed E-state index contributed by atoms with van der Waals surface area (Å²) in [5, 5.41) is 12.7. The van der Waals surface area contributed by atoms with Crippen molar-refractivity contribution in [2.75, 3.05) is 42.6 Å². The Morgan fingerprint density at radius 3 is 2.92 bits per heavy atom. The van der Waals surface area contributed by atoms with E-state index in [2.05, 4.69) is 15.5 Å². The smallest absolute Gasteiger partial charge is 0.242 e. The van der Waals surface area contributed by atoms with Crippen LogP contribution in [-0.2, 0) is 14.3 Å². The van der Waals surface area contributed by atoms with Gasteiger partial charge < -0.3 is 15.0 Å². The fraction of sp³-hybridized carbons (Fsp3) is 0.750. The molecule has 2 aliphatic rings. The summed E-state index contributed by atoms with van der Waals surface area (Å²) in [4.78, 5) is 28.0. The van der Waals surface area contributed by atoms with Gasteiger partial charge in [0.15, 0.2) is 0 Å². The molecule has 0 aromatic carbocycles. The summed E-state index contributed by atoms with van der Waals surface area (Å²) in [6.45, 7) is 5.43. The largest absolute Gasteiger partial charge is 0.382 e. The number of amides is 2. The Hall–Kier alpha value is -1.74. The maximum atomic E-state index is 12.5. The lowest BCUT2D eigenvalue weighted by Crippen LogP contribution is -2.43. The van der Waals surface area contributed by atoms with E-state index in [9.17, 15) is 9.59 Å². The number of nitrogens with one attached hydrogen (secondary N) is 1. The third-order valence-electron chi connectivity index (χ3n) is 4.48. The normalized spacial score (nSPS) is 20.5. The fourth-order valence-electron chi connectivity index (χ4n) is 3.20. The van der Waals surface area contributed by atoms with Gasteiger partial charge in [0, 0.05) is 39.3 Å². The fourth-order valence-corrected chi connectivity index (χ4v) is 4.17. The van der Waals surface area contributed by atoms with Crippen LogP contribution in [0.5, 0.6) is 0 Å². The predicted molar refractivity (Wildman–Crippen MR) is 96.0 cm³/mol. The van der Waals surface area contributed by atoms with Gasteiger partial charge >= 0.3 is 0 Å². The third-order valence-corrected chi connectivity index (χ3v) is 5.46. The number of aromatic nitrogens is 2. The summed E-state index contributed by atoms with van der Waals surface area (Å²) >= 11 is 1.40. The summed E-state index contributed by atoms with van der Waals surface area (Å²) in [5.41, 5.74) is 0. The van der Waals surface area contributed by atoms with E-state index in [4.69, 9.17) is 4.74 Å². The van der Waals surface area contributed by atoms with Crippen LogP contribution in [-0.4, -0.2) is 60.9 Å². The molecule has 2 amide bonds. The first-order valence-corrected chi connectivity index (χ1v) is 9.78. The Bertz CT molecular complexity index is 608. The molecule has 0 saturated carbocycles. The molecule has 1 aromatic heterocycles. The van der Waals surface area contributed by atoms with Gasteiger partial charge in [0.05, 0.1) is 0 Å². The van der Waals surface area contributed by atoms with Crippen molar-refractivity contribution in [1.29, 1.82) is 0 Å². The van der Waals surface area contributed by atoms with Gasteiger partial charge in [-0.1, -0.05) is 11.3 Å². The van der Waals surface area contributed by atoms with Crippen molar-refractivity contribution in [3.05, 3.63) is 0 Å². The molecule has 0 spiro atoms. The summed E-state index contributed by atoms with van der Waals surface area (Å²) in [7, 11) is 0. The number of hydrogen-bond donors (Lipinski definition) is 1. The second-order valence-corrected chi connectivity index (χ2v) is 7.14. The van der Waals surface area contributed by atoms with E-state index in [1.165, 1.54) is 11.3 Å². The first-order chi connectivity index (χ1) is 12.2. The first-order valence-electron chi connectivity index (χ1n) is 8.96. The van der Waals surface area contributed by atoms with E-state index in [1.54, 1.807) is 4.90 Å². The molecule has 0 aliphatic carbocycles. The molecule has 0 unspecified atom stereocenters. The van der Waals surface area contributed by atoms with E-state index >= 15 is 0 Å². The summed E-state index contributed by atoms with van der Waals surface area (Å²) in [6.07, 6.45) is 4.02. The first kappa shape index (κ1) is 18.1. The number of hydrogen-bond acceptors (Lipinski definition) is 7. The molecule has 1 aromatic rings. The van der Waals surface area contributed by atoms with Crippen molar-refractivity contribution in [1.82, 2.24) is 15.5 Å². The lowest BCUT2D eigenvalue weighted by molar-refractivity contribution is -0.122. The topological polar surface area (TPSA) is 87.7 Å². The molecule has 1 N–H and O–H groups in total. The van der Waals surface area contributed by atoms with Gasteiger partial charge in [-0.2, -0.15) is 0 Å². The Labute approximate surface area is 151 Å². The van der Waals surface area contributed by atoms with E-state index in [1.807, 2.05) is 11.8 Å². The molecule has 0 bridgehead atoms. The molecule has 8 nitrogen and oxygen atoms in total. The van der Waals surface area contributed by atoms with Crippen LogP contribution >= 0.6 is 11.3 Å². The monoisotopic (exact) mass is 367 g/mol. The van der Waals surface area contributed by atoms with Crippen LogP contribution in [0, 0.1) is 0 Å². The molecule has 25 heavy (non-hydrogen) atoms. The molecule has 2 fully saturated rings. The van der Waals surface area contributed by atoms with Gasteiger partial charge in [0.1, 0.15) is 6.04 Å². The van der Waals surface area contributed by atoms with E-state index in [0.717, 1.165) is 37.4 Å². The second-order valence-electron chi connectivity index (χ2n) is 6.21. The maximum absolute atomic E-state index is 12.5. The Morgan fingerprint density at radius 1 is 1.32 bits per heavy atom. The van der Waals surface area contributed by atoms with Crippen molar-refractivity contribution in [3.8, 4) is 0 Å². The lowest BCUT2D eigenvalue weighted by atomic mass is 10.2. The quantitative estimate of drug-likeness (QED) is 0.694. The number of nitrogens with zero attached hydrogens (tertiary/aromatic N) is 4. The van der Waals surface area contributed by atoms with Gasteiger partial charge in [-0.3, -0.25) is 14.5 Å². The number of ether oxygens (including phenoxy) is 1. The maximum Gasteiger partial charge on any atom is 0.242 e. The van der Waals surface area contributed by atoms with Crippen molar-refractivity contribution in [2.45, 2.75) is 45.1 Å². The predicted octanol–water partition coefficient (Wildman–Crippen LogP) is 1.18. The zero-order chi connectivity index (χ0) is 17.6. The van der Waals surface area contributed by atoms with Crippen molar-refractivity contribution < 1.29 is 14.3 Å².